The van der Waals surface area contributed by atoms with E-state index in [4.69, 9.17) is 0 Å². The molecule has 0 aromatic heterocycles. The van der Waals surface area contributed by atoms with E-state index in [-0.39, 0.29) is 0 Å². The highest BCUT2D eigenvalue weighted by atomic mass is 79.9. The Morgan fingerprint density at radius 2 is 1.79 bits per heavy atom. The maximum Gasteiger partial charge on any atom is 0.0227 e. The van der Waals surface area contributed by atoms with Crippen LogP contribution in [0.5, 0.6) is 0 Å². The molecule has 0 N–H and O–H groups in total. The van der Waals surface area contributed by atoms with Crippen molar-refractivity contribution in [2.45, 2.75) is 6.54 Å². The zero-order chi connectivity index (χ0) is 10.8. The molecular weight excluding hydrogens is 238 g/mol. The van der Waals surface area contributed by atoms with Gasteiger partial charge in [-0.2, -0.15) is 0 Å². The van der Waals surface area contributed by atoms with E-state index in [0.29, 0.717) is 0 Å². The normalized spacial score (nSPS) is 9.14. The Hall–Kier alpha value is -0.600. The highest BCUT2D eigenvalue weighted by Crippen LogP contribution is 1.99. The molecule has 0 saturated heterocycles. The van der Waals surface area contributed by atoms with E-state index in [2.05, 4.69) is 65.8 Å². The van der Waals surface area contributed by atoms with Crippen molar-refractivity contribution in [2.24, 2.45) is 0 Å². The number of halogens is 1. The van der Waals surface area contributed by atoms with Crippen LogP contribution in [0.15, 0.2) is 43.0 Å². The Balaban J connectivity index is 0.000000364. The summed E-state index contributed by atoms with van der Waals surface area (Å²) in [5.74, 6) is 0. The highest BCUT2D eigenvalue weighted by molar-refractivity contribution is 9.09. The molecule has 14 heavy (non-hydrogen) atoms. The van der Waals surface area contributed by atoms with Gasteiger partial charge in [-0.1, -0.05) is 52.3 Å². The topological polar surface area (TPSA) is 3.24 Å². The molecule has 0 radical (unpaired) electrons. The first-order chi connectivity index (χ1) is 6.70. The lowest BCUT2D eigenvalue weighted by atomic mass is 10.2. The Morgan fingerprint density at radius 3 is 2.14 bits per heavy atom. The summed E-state index contributed by atoms with van der Waals surface area (Å²) >= 11 is 3.13. The van der Waals surface area contributed by atoms with Gasteiger partial charge in [-0.05, 0) is 19.7 Å². The third-order valence-electron chi connectivity index (χ3n) is 1.45. The largest absolute Gasteiger partial charge is 0.305 e. The van der Waals surface area contributed by atoms with Gasteiger partial charge in [0.15, 0.2) is 0 Å². The molecule has 78 valence electrons. The fourth-order valence-corrected chi connectivity index (χ4v) is 0.949. The molecular formula is C12H18BrN. The molecule has 0 aliphatic heterocycles. The van der Waals surface area contributed by atoms with E-state index in [0.717, 1.165) is 11.9 Å². The molecule has 0 saturated carbocycles. The van der Waals surface area contributed by atoms with Gasteiger partial charge >= 0.3 is 0 Å². The fraction of sp³-hybridized carbons (Fsp3) is 0.333. The molecule has 0 fully saturated rings. The average Bonchev–Trinajstić information content (AvgIpc) is 2.19. The summed E-state index contributed by atoms with van der Waals surface area (Å²) in [5, 5.41) is 0.896. The predicted octanol–water partition coefficient (Wildman–Crippen LogP) is 3.32. The number of allylic oxidation sites excluding steroid dienone is 1. The van der Waals surface area contributed by atoms with E-state index in [1.54, 1.807) is 6.08 Å². The second-order valence-electron chi connectivity index (χ2n) is 3.17. The van der Waals surface area contributed by atoms with Gasteiger partial charge in [-0.25, -0.2) is 0 Å². The highest BCUT2D eigenvalue weighted by Gasteiger charge is 1.90. The number of benzene rings is 1. The van der Waals surface area contributed by atoms with Gasteiger partial charge in [0.05, 0.1) is 0 Å². The lowest BCUT2D eigenvalue weighted by Crippen LogP contribution is -2.10. The number of alkyl halides is 1. The average molecular weight is 256 g/mol. The number of rotatable bonds is 3. The maximum absolute atomic E-state index is 3.43. The lowest BCUT2D eigenvalue weighted by molar-refractivity contribution is 0.402. The molecule has 0 heterocycles. The first-order valence-corrected chi connectivity index (χ1v) is 5.68. The van der Waals surface area contributed by atoms with Crippen molar-refractivity contribution in [1.82, 2.24) is 4.90 Å². The molecule has 0 aliphatic carbocycles. The number of nitrogens with zero attached hydrogens (tertiary/aromatic N) is 1. The third kappa shape index (κ3) is 8.02. The molecule has 1 aromatic rings. The van der Waals surface area contributed by atoms with Crippen molar-refractivity contribution in [3.8, 4) is 0 Å². The van der Waals surface area contributed by atoms with Crippen molar-refractivity contribution in [3.05, 3.63) is 48.6 Å². The summed E-state index contributed by atoms with van der Waals surface area (Å²) in [6.45, 7) is 4.46. The van der Waals surface area contributed by atoms with Crippen LogP contribution in [0.3, 0.4) is 0 Å². The minimum atomic E-state index is 0.896. The van der Waals surface area contributed by atoms with Crippen molar-refractivity contribution in [1.29, 1.82) is 0 Å². The SMILES string of the molecule is C=CCBr.CN(C)Cc1ccccc1. The Kier molecular flexibility index (Phi) is 8.59. The van der Waals surface area contributed by atoms with Crippen LogP contribution < -0.4 is 0 Å². The molecule has 1 aromatic carbocycles. The summed E-state index contributed by atoms with van der Waals surface area (Å²) in [7, 11) is 4.15. The van der Waals surface area contributed by atoms with Crippen molar-refractivity contribution < 1.29 is 0 Å². The maximum atomic E-state index is 3.43. The quantitative estimate of drug-likeness (QED) is 0.592. The third-order valence-corrected chi connectivity index (χ3v) is 1.91. The van der Waals surface area contributed by atoms with Gasteiger partial charge in [0.1, 0.15) is 0 Å². The van der Waals surface area contributed by atoms with Gasteiger partial charge in [0.25, 0.3) is 0 Å². The first kappa shape index (κ1) is 13.4. The zero-order valence-corrected chi connectivity index (χ0v) is 10.5. The van der Waals surface area contributed by atoms with Crippen LogP contribution in [0.2, 0.25) is 0 Å². The molecule has 0 unspecified atom stereocenters. The van der Waals surface area contributed by atoms with Crippen LogP contribution in [0, 0.1) is 0 Å². The second kappa shape index (κ2) is 8.97. The monoisotopic (exact) mass is 255 g/mol. The van der Waals surface area contributed by atoms with Gasteiger partial charge in [0.2, 0.25) is 0 Å². The van der Waals surface area contributed by atoms with Crippen molar-refractivity contribution >= 4 is 15.9 Å². The fourth-order valence-electron chi connectivity index (χ4n) is 0.949. The van der Waals surface area contributed by atoms with E-state index < -0.39 is 0 Å². The van der Waals surface area contributed by atoms with Crippen molar-refractivity contribution in [3.63, 3.8) is 0 Å². The van der Waals surface area contributed by atoms with Gasteiger partial charge in [-0.3, -0.25) is 0 Å². The summed E-state index contributed by atoms with van der Waals surface area (Å²) < 4.78 is 0. The van der Waals surface area contributed by atoms with Gasteiger partial charge < -0.3 is 4.90 Å². The van der Waals surface area contributed by atoms with E-state index in [1.165, 1.54) is 5.56 Å². The van der Waals surface area contributed by atoms with E-state index in [1.807, 2.05) is 6.07 Å². The predicted molar refractivity (Wildman–Crippen MR) is 67.8 cm³/mol. The first-order valence-electron chi connectivity index (χ1n) is 4.56. The molecule has 0 atom stereocenters. The summed E-state index contributed by atoms with van der Waals surface area (Å²) in [6.07, 6.45) is 1.79. The van der Waals surface area contributed by atoms with Crippen LogP contribution in [0.1, 0.15) is 5.56 Å². The molecule has 0 aliphatic rings. The van der Waals surface area contributed by atoms with Crippen LogP contribution in [0.25, 0.3) is 0 Å². The molecule has 1 rings (SSSR count). The second-order valence-corrected chi connectivity index (χ2v) is 3.81. The smallest absolute Gasteiger partial charge is 0.0227 e. The molecule has 1 nitrogen and oxygen atoms in total. The minimum Gasteiger partial charge on any atom is -0.305 e. The number of hydrogen-bond donors (Lipinski definition) is 0. The summed E-state index contributed by atoms with van der Waals surface area (Å²) in [4.78, 5) is 2.16. The van der Waals surface area contributed by atoms with Crippen LogP contribution in [-0.2, 0) is 6.54 Å². The Morgan fingerprint density at radius 1 is 1.29 bits per heavy atom. The van der Waals surface area contributed by atoms with Gasteiger partial charge in [-0.15, -0.1) is 6.58 Å². The van der Waals surface area contributed by atoms with Crippen LogP contribution in [-0.4, -0.2) is 24.3 Å². The van der Waals surface area contributed by atoms with Crippen LogP contribution >= 0.6 is 15.9 Å². The molecule has 0 bridgehead atoms. The lowest BCUT2D eigenvalue weighted by Gasteiger charge is -2.08. The summed E-state index contributed by atoms with van der Waals surface area (Å²) in [6, 6.07) is 10.5. The molecule has 0 spiro atoms. The van der Waals surface area contributed by atoms with E-state index in [9.17, 15) is 0 Å². The van der Waals surface area contributed by atoms with Crippen molar-refractivity contribution in [2.75, 3.05) is 19.4 Å². The minimum absolute atomic E-state index is 0.896. The number of hydrogen-bond acceptors (Lipinski definition) is 1. The molecule has 0 amide bonds. The van der Waals surface area contributed by atoms with Gasteiger partial charge in [0, 0.05) is 11.9 Å². The standard InChI is InChI=1S/C9H13N.C3H5Br/c1-10(2)8-9-6-4-3-5-7-9;1-2-3-4/h3-7H,8H2,1-2H3;2H,1,3H2. The van der Waals surface area contributed by atoms with Crippen LogP contribution in [0.4, 0.5) is 0 Å². The molecule has 2 heteroatoms. The summed E-state index contributed by atoms with van der Waals surface area (Å²) in [5.41, 5.74) is 1.37. The zero-order valence-electron chi connectivity index (χ0n) is 8.91. The Bertz CT molecular complexity index is 231. The van der Waals surface area contributed by atoms with E-state index >= 15 is 0 Å². The Labute approximate surface area is 95.6 Å².